The second kappa shape index (κ2) is 6.55. The average molecular weight is 389 g/mol. The molecule has 5 nitrogen and oxygen atoms in total. The van der Waals surface area contributed by atoms with E-state index in [9.17, 15) is 5.11 Å². The fourth-order valence-corrected chi connectivity index (χ4v) is 4.34. The molecule has 0 aliphatic heterocycles. The second-order valence-corrected chi connectivity index (χ2v) is 7.66. The van der Waals surface area contributed by atoms with Crippen LogP contribution in [0.1, 0.15) is 33.8 Å². The molecule has 0 bridgehead atoms. The topological polar surface area (TPSA) is 85.4 Å². The van der Waals surface area contributed by atoms with Gasteiger partial charge in [0.1, 0.15) is 17.6 Å². The average Bonchev–Trinajstić information content (AvgIpc) is 3.33. The number of furan rings is 1. The molecule has 3 heterocycles. The molecule has 1 aromatic carbocycles. The van der Waals surface area contributed by atoms with Crippen molar-refractivity contribution in [2.24, 2.45) is 5.73 Å². The van der Waals surface area contributed by atoms with Gasteiger partial charge in [0, 0.05) is 15.1 Å². The molecule has 0 amide bonds. The number of thiophene rings is 1. The van der Waals surface area contributed by atoms with Crippen LogP contribution in [0.25, 0.3) is 21.4 Å². The number of nitrogens with zero attached hydrogens (tertiary/aromatic N) is 1. The van der Waals surface area contributed by atoms with Gasteiger partial charge in [0.2, 0.25) is 0 Å². The molecule has 0 saturated carbocycles. The van der Waals surface area contributed by atoms with Gasteiger partial charge in [-0.05, 0) is 49.7 Å². The minimum absolute atomic E-state index is 0.327. The number of aryl methyl sites for hydroxylation is 2. The lowest BCUT2D eigenvalue weighted by molar-refractivity contribution is 0.221. The van der Waals surface area contributed by atoms with Crippen molar-refractivity contribution in [1.82, 2.24) is 5.16 Å². The fraction of sp³-hybridized carbons (Fsp3) is 0.211. The maximum absolute atomic E-state index is 10.7. The summed E-state index contributed by atoms with van der Waals surface area (Å²) in [5.41, 5.74) is 8.67. The van der Waals surface area contributed by atoms with Crippen molar-refractivity contribution < 1.29 is 14.0 Å². The first-order chi connectivity index (χ1) is 12.5. The van der Waals surface area contributed by atoms with Gasteiger partial charge in [-0.1, -0.05) is 16.8 Å². The zero-order valence-corrected chi connectivity index (χ0v) is 15.8. The summed E-state index contributed by atoms with van der Waals surface area (Å²) in [6.45, 7) is 3.95. The predicted molar refractivity (Wildman–Crippen MR) is 102 cm³/mol. The van der Waals surface area contributed by atoms with E-state index in [1.165, 1.54) is 11.3 Å². The van der Waals surface area contributed by atoms with Gasteiger partial charge in [-0.2, -0.15) is 0 Å². The van der Waals surface area contributed by atoms with Crippen molar-refractivity contribution in [2.75, 3.05) is 0 Å². The number of benzene rings is 1. The molecule has 0 aliphatic rings. The van der Waals surface area contributed by atoms with Crippen molar-refractivity contribution in [3.05, 3.63) is 63.0 Å². The van der Waals surface area contributed by atoms with Crippen LogP contribution < -0.4 is 5.73 Å². The summed E-state index contributed by atoms with van der Waals surface area (Å²) < 4.78 is 10.8. The Morgan fingerprint density at radius 1 is 1.27 bits per heavy atom. The van der Waals surface area contributed by atoms with Gasteiger partial charge in [0.05, 0.1) is 22.8 Å². The van der Waals surface area contributed by atoms with Crippen molar-refractivity contribution in [3.63, 3.8) is 0 Å². The van der Waals surface area contributed by atoms with Crippen molar-refractivity contribution >= 4 is 33.9 Å². The van der Waals surface area contributed by atoms with Crippen LogP contribution in [0.15, 0.2) is 39.3 Å². The molecule has 0 saturated heterocycles. The summed E-state index contributed by atoms with van der Waals surface area (Å²) in [4.78, 5) is 1.82. The minimum Gasteiger partial charge on any atom is -0.458 e. The highest BCUT2D eigenvalue weighted by Gasteiger charge is 2.22. The molecule has 1 atom stereocenters. The summed E-state index contributed by atoms with van der Waals surface area (Å²) in [6, 6.07) is 9.67. The third-order valence-corrected chi connectivity index (χ3v) is 5.83. The Balaban J connectivity index is 1.73. The Morgan fingerprint density at radius 2 is 2.08 bits per heavy atom. The molecule has 4 aromatic rings. The first-order valence-corrected chi connectivity index (χ1v) is 9.30. The van der Waals surface area contributed by atoms with Gasteiger partial charge >= 0.3 is 0 Å². The van der Waals surface area contributed by atoms with Crippen LogP contribution >= 0.6 is 22.9 Å². The molecular formula is C19H17ClN2O3S. The molecule has 134 valence electrons. The summed E-state index contributed by atoms with van der Waals surface area (Å²) in [7, 11) is 0. The Bertz CT molecular complexity index is 1080. The van der Waals surface area contributed by atoms with Gasteiger partial charge in [-0.3, -0.25) is 0 Å². The van der Waals surface area contributed by atoms with Crippen LogP contribution in [0.2, 0.25) is 5.02 Å². The molecule has 3 N–H and O–H groups in total. The molecule has 0 radical (unpaired) electrons. The third-order valence-electron chi connectivity index (χ3n) is 4.37. The zero-order valence-electron chi connectivity index (χ0n) is 14.2. The Labute approximate surface area is 159 Å². The minimum atomic E-state index is -0.767. The number of hydrogen-bond donors (Lipinski definition) is 2. The van der Waals surface area contributed by atoms with E-state index in [4.69, 9.17) is 26.3 Å². The second-order valence-electron chi connectivity index (χ2n) is 6.14. The van der Waals surface area contributed by atoms with Crippen molar-refractivity contribution in [1.29, 1.82) is 0 Å². The number of hydrogen-bond acceptors (Lipinski definition) is 6. The number of halogens is 1. The molecule has 0 fully saturated rings. The summed E-state index contributed by atoms with van der Waals surface area (Å²) in [5.74, 6) is 1.32. The molecule has 4 rings (SSSR count). The lowest BCUT2D eigenvalue weighted by Gasteiger charge is -2.07. The number of nitrogens with two attached hydrogens (primary N) is 1. The van der Waals surface area contributed by atoms with E-state index >= 15 is 0 Å². The van der Waals surface area contributed by atoms with E-state index in [0.717, 1.165) is 20.7 Å². The fourth-order valence-electron chi connectivity index (χ4n) is 3.08. The lowest BCUT2D eigenvalue weighted by Crippen LogP contribution is -1.99. The van der Waals surface area contributed by atoms with Crippen LogP contribution in [0, 0.1) is 13.8 Å². The standard InChI is InChI=1S/C19H17ClN2O3S/c1-9-17(10(2)25-22-9)18(23)16-4-3-15(26-16)11-5-12-6-13(8-21)24-19(12)14(20)7-11/h3-7,18,23H,8,21H2,1-2H3. The normalized spacial score (nSPS) is 12.8. The molecular weight excluding hydrogens is 372 g/mol. The number of fused-ring (bicyclic) bond motifs is 1. The van der Waals surface area contributed by atoms with E-state index < -0.39 is 6.10 Å². The first kappa shape index (κ1) is 17.3. The maximum atomic E-state index is 10.7. The van der Waals surface area contributed by atoms with Gasteiger partial charge in [-0.25, -0.2) is 0 Å². The SMILES string of the molecule is Cc1noc(C)c1C(O)c1ccc(-c2cc(Cl)c3oc(CN)cc3c2)s1. The predicted octanol–water partition coefficient (Wildman–Crippen LogP) is 4.96. The summed E-state index contributed by atoms with van der Waals surface area (Å²) >= 11 is 7.88. The van der Waals surface area contributed by atoms with Crippen LogP contribution in [0.4, 0.5) is 0 Å². The zero-order chi connectivity index (χ0) is 18.4. The monoisotopic (exact) mass is 388 g/mol. The van der Waals surface area contributed by atoms with E-state index in [1.54, 1.807) is 6.92 Å². The van der Waals surface area contributed by atoms with Crippen molar-refractivity contribution in [3.8, 4) is 10.4 Å². The highest BCUT2D eigenvalue weighted by molar-refractivity contribution is 7.15. The molecule has 7 heteroatoms. The van der Waals surface area contributed by atoms with Crippen molar-refractivity contribution in [2.45, 2.75) is 26.5 Å². The molecule has 26 heavy (non-hydrogen) atoms. The Kier molecular flexibility index (Phi) is 4.36. The number of aliphatic hydroxyl groups excluding tert-OH is 1. The number of rotatable bonds is 4. The number of aliphatic hydroxyl groups is 1. The highest BCUT2D eigenvalue weighted by Crippen LogP contribution is 2.39. The van der Waals surface area contributed by atoms with Gasteiger partial charge < -0.3 is 19.8 Å². The quantitative estimate of drug-likeness (QED) is 0.516. The third kappa shape index (κ3) is 2.85. The molecule has 1 unspecified atom stereocenters. The lowest BCUT2D eigenvalue weighted by atomic mass is 10.1. The van der Waals surface area contributed by atoms with Crippen LogP contribution in [0.3, 0.4) is 0 Å². The molecule has 0 spiro atoms. The first-order valence-electron chi connectivity index (χ1n) is 8.11. The molecule has 3 aromatic heterocycles. The van der Waals surface area contributed by atoms with Crippen LogP contribution in [-0.4, -0.2) is 10.3 Å². The van der Waals surface area contributed by atoms with E-state index in [0.29, 0.717) is 39.9 Å². The highest BCUT2D eigenvalue weighted by atomic mass is 35.5. The van der Waals surface area contributed by atoms with Gasteiger partial charge in [0.15, 0.2) is 5.58 Å². The van der Waals surface area contributed by atoms with Crippen LogP contribution in [-0.2, 0) is 6.54 Å². The van der Waals surface area contributed by atoms with E-state index in [1.807, 2.05) is 37.3 Å². The smallest absolute Gasteiger partial charge is 0.152 e. The van der Waals surface area contributed by atoms with E-state index in [-0.39, 0.29) is 0 Å². The number of aromatic nitrogens is 1. The van der Waals surface area contributed by atoms with Gasteiger partial charge in [0.25, 0.3) is 0 Å². The summed E-state index contributed by atoms with van der Waals surface area (Å²) in [6.07, 6.45) is -0.767. The largest absolute Gasteiger partial charge is 0.458 e. The Morgan fingerprint density at radius 3 is 2.77 bits per heavy atom. The maximum Gasteiger partial charge on any atom is 0.152 e. The summed E-state index contributed by atoms with van der Waals surface area (Å²) in [5, 5.41) is 16.1. The molecule has 0 aliphatic carbocycles. The Hall–Kier alpha value is -2.12. The van der Waals surface area contributed by atoms with Crippen LogP contribution in [0.5, 0.6) is 0 Å². The van der Waals surface area contributed by atoms with E-state index in [2.05, 4.69) is 5.16 Å². The van der Waals surface area contributed by atoms with Gasteiger partial charge in [-0.15, -0.1) is 11.3 Å².